The fraction of sp³-hybridized carbons (Fsp3) is 0.533. The van der Waals surface area contributed by atoms with Crippen LogP contribution in [-0.2, 0) is 14.3 Å². The summed E-state index contributed by atoms with van der Waals surface area (Å²) in [5, 5.41) is 6.00. The number of amides is 1. The smallest absolute Gasteiger partial charge is 0.254 e. The van der Waals surface area contributed by atoms with Gasteiger partial charge in [-0.15, -0.1) is 0 Å². The summed E-state index contributed by atoms with van der Waals surface area (Å²) in [7, 11) is 1.62. The monoisotopic (exact) mass is 294 g/mol. The second-order valence-corrected chi connectivity index (χ2v) is 4.89. The molecule has 6 nitrogen and oxygen atoms in total. The Balaban J connectivity index is 2.01. The van der Waals surface area contributed by atoms with E-state index in [2.05, 4.69) is 10.6 Å². The van der Waals surface area contributed by atoms with E-state index in [1.807, 2.05) is 25.1 Å². The fourth-order valence-corrected chi connectivity index (χ4v) is 2.03. The summed E-state index contributed by atoms with van der Waals surface area (Å²) in [6, 6.07) is 5.66. The molecule has 1 aromatic rings. The minimum atomic E-state index is -0.466. The minimum Gasteiger partial charge on any atom is -0.489 e. The molecule has 1 aromatic carbocycles. The second-order valence-electron chi connectivity index (χ2n) is 4.89. The molecule has 0 radical (unpaired) electrons. The van der Waals surface area contributed by atoms with Crippen molar-refractivity contribution >= 4 is 11.6 Å². The van der Waals surface area contributed by atoms with Crippen LogP contribution in [0.4, 0.5) is 5.69 Å². The maximum absolute atomic E-state index is 12.2. The van der Waals surface area contributed by atoms with Crippen molar-refractivity contribution < 1.29 is 19.0 Å². The number of anilines is 1. The van der Waals surface area contributed by atoms with E-state index in [-0.39, 0.29) is 5.91 Å². The van der Waals surface area contributed by atoms with Gasteiger partial charge in [-0.3, -0.25) is 4.79 Å². The zero-order valence-electron chi connectivity index (χ0n) is 12.5. The summed E-state index contributed by atoms with van der Waals surface area (Å²) in [6.07, 6.45) is -0.466. The highest BCUT2D eigenvalue weighted by atomic mass is 16.5. The van der Waals surface area contributed by atoms with Crippen molar-refractivity contribution in [2.75, 3.05) is 45.3 Å². The maximum Gasteiger partial charge on any atom is 0.254 e. The number of carbonyl (C=O) groups is 1. The van der Waals surface area contributed by atoms with Crippen molar-refractivity contribution in [1.82, 2.24) is 5.32 Å². The van der Waals surface area contributed by atoms with Crippen LogP contribution in [0.15, 0.2) is 18.2 Å². The van der Waals surface area contributed by atoms with Crippen molar-refractivity contribution in [3.05, 3.63) is 23.8 Å². The molecule has 0 aliphatic carbocycles. The molecule has 1 unspecified atom stereocenters. The molecule has 116 valence electrons. The number of aryl methyl sites for hydroxylation is 1. The number of methoxy groups -OCH3 is 1. The van der Waals surface area contributed by atoms with Crippen LogP contribution < -0.4 is 15.4 Å². The Bertz CT molecular complexity index is 473. The van der Waals surface area contributed by atoms with Gasteiger partial charge in [0.2, 0.25) is 0 Å². The number of rotatable bonds is 6. The lowest BCUT2D eigenvalue weighted by Gasteiger charge is -2.23. The molecule has 1 fully saturated rings. The van der Waals surface area contributed by atoms with Crippen molar-refractivity contribution in [2.24, 2.45) is 0 Å². The van der Waals surface area contributed by atoms with Gasteiger partial charge in [0.05, 0.1) is 18.9 Å². The maximum atomic E-state index is 12.2. The Labute approximate surface area is 124 Å². The Kier molecular flexibility index (Phi) is 5.98. The van der Waals surface area contributed by atoms with Crippen LogP contribution >= 0.6 is 0 Å². The van der Waals surface area contributed by atoms with E-state index < -0.39 is 6.10 Å². The summed E-state index contributed by atoms with van der Waals surface area (Å²) in [6.45, 7) is 4.75. The SMILES string of the molecule is COCCOc1cc(C)ccc1NC(=O)C1CNCCO1. The molecule has 0 saturated carbocycles. The minimum absolute atomic E-state index is 0.164. The topological polar surface area (TPSA) is 68.8 Å². The van der Waals surface area contributed by atoms with Gasteiger partial charge in [0.15, 0.2) is 0 Å². The van der Waals surface area contributed by atoms with E-state index in [1.165, 1.54) is 0 Å². The first-order chi connectivity index (χ1) is 10.2. The molecule has 0 spiro atoms. The van der Waals surface area contributed by atoms with E-state index in [9.17, 15) is 4.79 Å². The number of carbonyl (C=O) groups excluding carboxylic acids is 1. The van der Waals surface area contributed by atoms with Crippen LogP contribution in [-0.4, -0.2) is 52.0 Å². The largest absolute Gasteiger partial charge is 0.489 e. The number of nitrogens with one attached hydrogen (secondary N) is 2. The fourth-order valence-electron chi connectivity index (χ4n) is 2.03. The highest BCUT2D eigenvalue weighted by Gasteiger charge is 2.22. The molecule has 0 bridgehead atoms. The van der Waals surface area contributed by atoms with Gasteiger partial charge in [0, 0.05) is 20.2 Å². The molecule has 6 heteroatoms. The summed E-state index contributed by atoms with van der Waals surface area (Å²) in [5.74, 6) is 0.479. The van der Waals surface area contributed by atoms with Gasteiger partial charge in [-0.25, -0.2) is 0 Å². The summed E-state index contributed by atoms with van der Waals surface area (Å²) >= 11 is 0. The van der Waals surface area contributed by atoms with Crippen LogP contribution in [0.5, 0.6) is 5.75 Å². The van der Waals surface area contributed by atoms with Crippen molar-refractivity contribution in [3.63, 3.8) is 0 Å². The van der Waals surface area contributed by atoms with E-state index in [4.69, 9.17) is 14.2 Å². The van der Waals surface area contributed by atoms with Gasteiger partial charge in [-0.2, -0.15) is 0 Å². The molecule has 2 N–H and O–H groups in total. The molecule has 1 amide bonds. The third kappa shape index (κ3) is 4.70. The van der Waals surface area contributed by atoms with Crippen LogP contribution in [0, 0.1) is 6.92 Å². The van der Waals surface area contributed by atoms with E-state index >= 15 is 0 Å². The number of benzene rings is 1. The standard InChI is InChI=1S/C15H22N2O4/c1-11-3-4-12(13(9-11)21-8-7-19-2)17-15(18)14-10-16-5-6-20-14/h3-4,9,14,16H,5-8,10H2,1-2H3,(H,17,18). The van der Waals surface area contributed by atoms with E-state index in [0.717, 1.165) is 12.1 Å². The molecule has 1 aliphatic rings. The van der Waals surface area contributed by atoms with Gasteiger partial charge in [-0.05, 0) is 24.6 Å². The molecule has 21 heavy (non-hydrogen) atoms. The average Bonchev–Trinajstić information content (AvgIpc) is 2.51. The van der Waals surface area contributed by atoms with Gasteiger partial charge >= 0.3 is 0 Å². The molecular weight excluding hydrogens is 272 g/mol. The molecule has 2 rings (SSSR count). The lowest BCUT2D eigenvalue weighted by Crippen LogP contribution is -2.45. The highest BCUT2D eigenvalue weighted by Crippen LogP contribution is 2.26. The molecule has 1 atom stereocenters. The molecular formula is C15H22N2O4. The van der Waals surface area contributed by atoms with Crippen LogP contribution in [0.2, 0.25) is 0 Å². The second kappa shape index (κ2) is 7.97. The van der Waals surface area contributed by atoms with Gasteiger partial charge in [0.25, 0.3) is 5.91 Å². The summed E-state index contributed by atoms with van der Waals surface area (Å²) in [5.41, 5.74) is 1.71. The van der Waals surface area contributed by atoms with E-state index in [1.54, 1.807) is 7.11 Å². The molecule has 1 aliphatic heterocycles. The number of hydrogen-bond donors (Lipinski definition) is 2. The molecule has 1 heterocycles. The van der Waals surface area contributed by atoms with Crippen LogP contribution in [0.3, 0.4) is 0 Å². The van der Waals surface area contributed by atoms with Crippen LogP contribution in [0.25, 0.3) is 0 Å². The van der Waals surface area contributed by atoms with Gasteiger partial charge in [-0.1, -0.05) is 6.07 Å². The number of morpholine rings is 1. The average molecular weight is 294 g/mol. The van der Waals surface area contributed by atoms with E-state index in [0.29, 0.717) is 37.8 Å². The first-order valence-electron chi connectivity index (χ1n) is 7.06. The lowest BCUT2D eigenvalue weighted by molar-refractivity contribution is -0.128. The first-order valence-corrected chi connectivity index (χ1v) is 7.06. The first kappa shape index (κ1) is 15.8. The normalized spacial score (nSPS) is 18.3. The summed E-state index contributed by atoms with van der Waals surface area (Å²) < 4.78 is 16.1. The lowest BCUT2D eigenvalue weighted by atomic mass is 10.2. The van der Waals surface area contributed by atoms with Crippen molar-refractivity contribution in [1.29, 1.82) is 0 Å². The quantitative estimate of drug-likeness (QED) is 0.765. The number of hydrogen-bond acceptors (Lipinski definition) is 5. The van der Waals surface area contributed by atoms with Crippen molar-refractivity contribution in [3.8, 4) is 5.75 Å². The Morgan fingerprint density at radius 1 is 1.48 bits per heavy atom. The summed E-state index contributed by atoms with van der Waals surface area (Å²) in [4.78, 5) is 12.2. The predicted octanol–water partition coefficient (Wildman–Crippen LogP) is 0.947. The van der Waals surface area contributed by atoms with Crippen LogP contribution in [0.1, 0.15) is 5.56 Å². The Morgan fingerprint density at radius 3 is 3.05 bits per heavy atom. The zero-order chi connectivity index (χ0) is 15.1. The molecule has 0 aromatic heterocycles. The Hall–Kier alpha value is -1.63. The van der Waals surface area contributed by atoms with Crippen molar-refractivity contribution in [2.45, 2.75) is 13.0 Å². The molecule has 1 saturated heterocycles. The third-order valence-electron chi connectivity index (χ3n) is 3.16. The third-order valence-corrected chi connectivity index (χ3v) is 3.16. The zero-order valence-corrected chi connectivity index (χ0v) is 12.5. The Morgan fingerprint density at radius 2 is 2.33 bits per heavy atom. The van der Waals surface area contributed by atoms with Gasteiger partial charge < -0.3 is 24.8 Å². The predicted molar refractivity (Wildman–Crippen MR) is 79.8 cm³/mol. The van der Waals surface area contributed by atoms with Gasteiger partial charge in [0.1, 0.15) is 18.5 Å². The number of ether oxygens (including phenoxy) is 3. The highest BCUT2D eigenvalue weighted by molar-refractivity contribution is 5.95.